The maximum Gasteiger partial charge on any atom is 0.143 e. The molecule has 0 spiro atoms. The lowest BCUT2D eigenvalue weighted by Gasteiger charge is -2.21. The van der Waals surface area contributed by atoms with Gasteiger partial charge in [-0.1, -0.05) is 12.1 Å². The number of aromatic nitrogens is 2. The number of ether oxygens (including phenoxy) is 1. The van der Waals surface area contributed by atoms with Gasteiger partial charge in [0.2, 0.25) is 0 Å². The van der Waals surface area contributed by atoms with Gasteiger partial charge in [-0.2, -0.15) is 0 Å². The first kappa shape index (κ1) is 22.1. The van der Waals surface area contributed by atoms with Crippen LogP contribution in [-0.2, 0) is 0 Å². The lowest BCUT2D eigenvalue weighted by atomic mass is 10.0. The molecule has 4 rings (SSSR count). The fourth-order valence-corrected chi connectivity index (χ4v) is 5.11. The third-order valence-electron chi connectivity index (χ3n) is 5.55. The Balaban J connectivity index is 1.75. The van der Waals surface area contributed by atoms with Crippen molar-refractivity contribution in [1.82, 2.24) is 9.97 Å². The van der Waals surface area contributed by atoms with Crippen LogP contribution in [-0.4, -0.2) is 29.7 Å². The van der Waals surface area contributed by atoms with Gasteiger partial charge in [0.25, 0.3) is 0 Å². The van der Waals surface area contributed by atoms with E-state index in [1.165, 1.54) is 16.1 Å². The zero-order chi connectivity index (χ0) is 22.7. The van der Waals surface area contributed by atoms with Crippen LogP contribution >= 0.6 is 11.3 Å². The Kier molecular flexibility index (Phi) is 6.61. The quantitative estimate of drug-likeness (QED) is 0.317. The smallest absolute Gasteiger partial charge is 0.143 e. The summed E-state index contributed by atoms with van der Waals surface area (Å²) in [6.45, 7) is 13.1. The predicted octanol–water partition coefficient (Wildman–Crippen LogP) is 6.96. The molecular formula is C26H30N4OS. The lowest BCUT2D eigenvalue weighted by Crippen LogP contribution is -2.21. The molecule has 4 aromatic rings. The Morgan fingerprint density at radius 3 is 2.22 bits per heavy atom. The molecule has 0 aliphatic heterocycles. The fraction of sp³-hybridized carbons (Fsp3) is 0.308. The van der Waals surface area contributed by atoms with Gasteiger partial charge in [0, 0.05) is 34.9 Å². The van der Waals surface area contributed by atoms with Crippen molar-refractivity contribution >= 4 is 38.7 Å². The van der Waals surface area contributed by atoms with Crippen molar-refractivity contribution in [2.45, 2.75) is 34.6 Å². The molecule has 0 radical (unpaired) electrons. The lowest BCUT2D eigenvalue weighted by molar-refractivity contribution is 0.340. The standard InChI is InChI=1S/C26H30N4OS/c1-6-30(7-2)21-13-11-20(12-14-21)29-25-24-23(17(4)32-26(24)28-18(5)27-25)19-9-15-22(16-10-19)31-8-3/h9-16H,6-8H2,1-5H3,(H,27,28,29). The summed E-state index contributed by atoms with van der Waals surface area (Å²) in [5.74, 6) is 2.49. The van der Waals surface area contributed by atoms with E-state index in [4.69, 9.17) is 14.7 Å². The largest absolute Gasteiger partial charge is 0.494 e. The number of anilines is 3. The average Bonchev–Trinajstić information content (AvgIpc) is 3.12. The summed E-state index contributed by atoms with van der Waals surface area (Å²) >= 11 is 1.71. The summed E-state index contributed by atoms with van der Waals surface area (Å²) in [7, 11) is 0. The molecule has 32 heavy (non-hydrogen) atoms. The molecule has 0 saturated carbocycles. The van der Waals surface area contributed by atoms with E-state index in [0.717, 1.165) is 51.9 Å². The van der Waals surface area contributed by atoms with E-state index < -0.39 is 0 Å². The Labute approximate surface area is 194 Å². The summed E-state index contributed by atoms with van der Waals surface area (Å²) < 4.78 is 5.62. The molecule has 0 unspecified atom stereocenters. The van der Waals surface area contributed by atoms with Crippen LogP contribution in [0.5, 0.6) is 5.75 Å². The molecule has 0 bridgehead atoms. The number of rotatable bonds is 8. The molecule has 1 N–H and O–H groups in total. The monoisotopic (exact) mass is 446 g/mol. The van der Waals surface area contributed by atoms with Gasteiger partial charge in [0.1, 0.15) is 22.2 Å². The highest BCUT2D eigenvalue weighted by atomic mass is 32.1. The molecular weight excluding hydrogens is 416 g/mol. The normalized spacial score (nSPS) is 11.0. The Hall–Kier alpha value is -3.12. The van der Waals surface area contributed by atoms with Crippen LogP contribution in [0.1, 0.15) is 31.5 Å². The van der Waals surface area contributed by atoms with Gasteiger partial charge in [0.05, 0.1) is 12.0 Å². The van der Waals surface area contributed by atoms with Gasteiger partial charge in [0.15, 0.2) is 0 Å². The zero-order valence-corrected chi connectivity index (χ0v) is 20.2. The molecule has 0 saturated heterocycles. The van der Waals surface area contributed by atoms with E-state index in [0.29, 0.717) is 6.61 Å². The highest BCUT2D eigenvalue weighted by molar-refractivity contribution is 7.19. The van der Waals surface area contributed by atoms with Crippen LogP contribution in [0, 0.1) is 13.8 Å². The van der Waals surface area contributed by atoms with E-state index >= 15 is 0 Å². The number of fused-ring (bicyclic) bond motifs is 1. The minimum absolute atomic E-state index is 0.661. The number of hydrogen-bond acceptors (Lipinski definition) is 6. The Morgan fingerprint density at radius 2 is 1.59 bits per heavy atom. The maximum absolute atomic E-state index is 5.62. The number of thiophene rings is 1. The van der Waals surface area contributed by atoms with Crippen molar-refractivity contribution in [3.8, 4) is 16.9 Å². The number of benzene rings is 2. The minimum atomic E-state index is 0.661. The van der Waals surface area contributed by atoms with Crippen LogP contribution in [0.3, 0.4) is 0 Å². The first-order chi connectivity index (χ1) is 15.5. The summed E-state index contributed by atoms with van der Waals surface area (Å²) in [5, 5.41) is 4.62. The van der Waals surface area contributed by atoms with Crippen LogP contribution in [0.15, 0.2) is 48.5 Å². The molecule has 166 valence electrons. The topological polar surface area (TPSA) is 50.3 Å². The molecule has 0 fully saturated rings. The summed E-state index contributed by atoms with van der Waals surface area (Å²) in [6.07, 6.45) is 0. The summed E-state index contributed by atoms with van der Waals surface area (Å²) in [6, 6.07) is 16.8. The summed E-state index contributed by atoms with van der Waals surface area (Å²) in [5.41, 5.74) is 4.56. The van der Waals surface area contributed by atoms with Crippen molar-refractivity contribution in [1.29, 1.82) is 0 Å². The third-order valence-corrected chi connectivity index (χ3v) is 6.55. The van der Waals surface area contributed by atoms with E-state index in [-0.39, 0.29) is 0 Å². The molecule has 6 heteroatoms. The van der Waals surface area contributed by atoms with Gasteiger partial charge in [-0.3, -0.25) is 0 Å². The van der Waals surface area contributed by atoms with E-state index in [1.807, 2.05) is 26.0 Å². The van der Waals surface area contributed by atoms with Gasteiger partial charge in [-0.05, 0) is 76.6 Å². The van der Waals surface area contributed by atoms with Gasteiger partial charge in [-0.25, -0.2) is 9.97 Å². The minimum Gasteiger partial charge on any atom is -0.494 e. The first-order valence-electron chi connectivity index (χ1n) is 11.2. The first-order valence-corrected chi connectivity index (χ1v) is 12.0. The number of aryl methyl sites for hydroxylation is 2. The Morgan fingerprint density at radius 1 is 0.906 bits per heavy atom. The number of nitrogens with one attached hydrogen (secondary N) is 1. The van der Waals surface area contributed by atoms with Gasteiger partial charge in [-0.15, -0.1) is 11.3 Å². The second-order valence-corrected chi connectivity index (χ2v) is 8.84. The van der Waals surface area contributed by atoms with Crippen molar-refractivity contribution in [2.24, 2.45) is 0 Å². The average molecular weight is 447 g/mol. The molecule has 2 aromatic carbocycles. The molecule has 2 aromatic heterocycles. The summed E-state index contributed by atoms with van der Waals surface area (Å²) in [4.78, 5) is 14.1. The Bertz CT molecular complexity index is 1200. The number of hydrogen-bond donors (Lipinski definition) is 1. The van der Waals surface area contributed by atoms with Crippen LogP contribution in [0.4, 0.5) is 17.2 Å². The van der Waals surface area contributed by atoms with Crippen molar-refractivity contribution in [3.63, 3.8) is 0 Å². The molecule has 0 aliphatic rings. The maximum atomic E-state index is 5.62. The molecule has 0 atom stereocenters. The van der Waals surface area contributed by atoms with Crippen LogP contribution in [0.2, 0.25) is 0 Å². The van der Waals surface area contributed by atoms with Gasteiger partial charge < -0.3 is 15.0 Å². The van der Waals surface area contributed by atoms with Crippen LogP contribution in [0.25, 0.3) is 21.3 Å². The fourth-order valence-electron chi connectivity index (χ4n) is 4.02. The molecule has 0 aliphatic carbocycles. The molecule has 2 heterocycles. The SMILES string of the molecule is CCOc1ccc(-c2c(C)sc3nc(C)nc(Nc4ccc(N(CC)CC)cc4)c23)cc1. The zero-order valence-electron chi connectivity index (χ0n) is 19.4. The number of nitrogens with zero attached hydrogens (tertiary/aromatic N) is 3. The van der Waals surface area contributed by atoms with E-state index in [9.17, 15) is 0 Å². The van der Waals surface area contributed by atoms with Crippen molar-refractivity contribution < 1.29 is 4.74 Å². The predicted molar refractivity (Wildman–Crippen MR) is 137 cm³/mol. The van der Waals surface area contributed by atoms with Crippen LogP contribution < -0.4 is 15.0 Å². The highest BCUT2D eigenvalue weighted by Gasteiger charge is 2.18. The van der Waals surface area contributed by atoms with Crippen molar-refractivity contribution in [2.75, 3.05) is 29.9 Å². The second-order valence-electron chi connectivity index (χ2n) is 7.63. The van der Waals surface area contributed by atoms with Crippen molar-refractivity contribution in [3.05, 3.63) is 59.2 Å². The molecule has 0 amide bonds. The van der Waals surface area contributed by atoms with E-state index in [1.54, 1.807) is 11.3 Å². The second kappa shape index (κ2) is 9.57. The highest BCUT2D eigenvalue weighted by Crippen LogP contribution is 2.41. The van der Waals surface area contributed by atoms with E-state index in [2.05, 4.69) is 67.4 Å². The third kappa shape index (κ3) is 4.41. The molecule has 5 nitrogen and oxygen atoms in total. The van der Waals surface area contributed by atoms with Gasteiger partial charge >= 0.3 is 0 Å².